The third-order valence-electron chi connectivity index (χ3n) is 3.18. The van der Waals surface area contributed by atoms with E-state index in [1.807, 2.05) is 7.05 Å². The maximum atomic E-state index is 5.69. The Kier molecular flexibility index (Phi) is 6.32. The van der Waals surface area contributed by atoms with Crippen molar-refractivity contribution in [2.45, 2.75) is 33.1 Å². The van der Waals surface area contributed by atoms with Crippen molar-refractivity contribution in [3.8, 4) is 0 Å². The highest BCUT2D eigenvalue weighted by atomic mass is 16.5. The van der Waals surface area contributed by atoms with Gasteiger partial charge in [0.2, 0.25) is 0 Å². The lowest BCUT2D eigenvalue weighted by molar-refractivity contribution is -0.0281. The number of rotatable bonds is 7. The molecule has 0 saturated carbocycles. The van der Waals surface area contributed by atoms with E-state index in [0.29, 0.717) is 11.3 Å². The fraction of sp³-hybridized carbons (Fsp3) is 1.00. The molecule has 1 rings (SSSR count). The molecule has 0 spiro atoms. The average molecular weight is 229 g/mol. The van der Waals surface area contributed by atoms with Crippen LogP contribution in [-0.2, 0) is 9.47 Å². The van der Waals surface area contributed by atoms with Crippen molar-refractivity contribution in [2.75, 3.05) is 40.0 Å². The van der Waals surface area contributed by atoms with Crippen molar-refractivity contribution in [3.05, 3.63) is 0 Å². The molecule has 0 aromatic carbocycles. The molecule has 96 valence electrons. The summed E-state index contributed by atoms with van der Waals surface area (Å²) < 4.78 is 11.3. The molecular formula is C13H27NO2. The SMILES string of the molecule is CNCC1(CCOCC(C)C)CCCOC1. The van der Waals surface area contributed by atoms with Gasteiger partial charge in [-0.1, -0.05) is 13.8 Å². The fourth-order valence-corrected chi connectivity index (χ4v) is 2.32. The first kappa shape index (κ1) is 13.9. The summed E-state index contributed by atoms with van der Waals surface area (Å²) >= 11 is 0. The van der Waals surface area contributed by atoms with Crippen LogP contribution in [0.5, 0.6) is 0 Å². The van der Waals surface area contributed by atoms with E-state index in [-0.39, 0.29) is 0 Å². The molecule has 0 aromatic rings. The Hall–Kier alpha value is -0.120. The van der Waals surface area contributed by atoms with Gasteiger partial charge < -0.3 is 14.8 Å². The number of ether oxygens (including phenoxy) is 2. The van der Waals surface area contributed by atoms with Gasteiger partial charge in [-0.3, -0.25) is 0 Å². The van der Waals surface area contributed by atoms with E-state index in [4.69, 9.17) is 9.47 Å². The van der Waals surface area contributed by atoms with Gasteiger partial charge in [-0.2, -0.15) is 0 Å². The smallest absolute Gasteiger partial charge is 0.0535 e. The Balaban J connectivity index is 2.27. The molecule has 16 heavy (non-hydrogen) atoms. The minimum absolute atomic E-state index is 0.310. The molecule has 1 fully saturated rings. The van der Waals surface area contributed by atoms with E-state index >= 15 is 0 Å². The zero-order chi connectivity index (χ0) is 11.9. The number of hydrogen-bond acceptors (Lipinski definition) is 3. The van der Waals surface area contributed by atoms with Crippen LogP contribution in [0.3, 0.4) is 0 Å². The highest BCUT2D eigenvalue weighted by Gasteiger charge is 2.31. The van der Waals surface area contributed by atoms with Gasteiger partial charge in [0.25, 0.3) is 0 Å². The molecule has 1 saturated heterocycles. The Bertz CT molecular complexity index is 171. The van der Waals surface area contributed by atoms with Gasteiger partial charge in [0.05, 0.1) is 6.61 Å². The van der Waals surface area contributed by atoms with E-state index in [9.17, 15) is 0 Å². The van der Waals surface area contributed by atoms with Gasteiger partial charge in [-0.15, -0.1) is 0 Å². The number of nitrogens with one attached hydrogen (secondary N) is 1. The largest absolute Gasteiger partial charge is 0.381 e. The zero-order valence-electron chi connectivity index (χ0n) is 11.1. The molecule has 0 aliphatic carbocycles. The molecule has 1 atom stereocenters. The van der Waals surface area contributed by atoms with Gasteiger partial charge in [-0.25, -0.2) is 0 Å². The van der Waals surface area contributed by atoms with Gasteiger partial charge >= 0.3 is 0 Å². The van der Waals surface area contributed by atoms with Gasteiger partial charge in [0.15, 0.2) is 0 Å². The summed E-state index contributed by atoms with van der Waals surface area (Å²) in [6, 6.07) is 0. The van der Waals surface area contributed by atoms with Gasteiger partial charge in [-0.05, 0) is 32.2 Å². The summed E-state index contributed by atoms with van der Waals surface area (Å²) in [5, 5.41) is 3.29. The molecule has 0 aromatic heterocycles. The Morgan fingerprint density at radius 1 is 1.44 bits per heavy atom. The molecule has 0 amide bonds. The van der Waals surface area contributed by atoms with E-state index in [0.717, 1.165) is 39.4 Å². The molecule has 1 unspecified atom stereocenters. The maximum absolute atomic E-state index is 5.69. The van der Waals surface area contributed by atoms with E-state index < -0.39 is 0 Å². The molecule has 0 radical (unpaired) electrons. The molecule has 1 aliphatic heterocycles. The summed E-state index contributed by atoms with van der Waals surface area (Å²) in [6.07, 6.45) is 3.56. The first-order valence-corrected chi connectivity index (χ1v) is 6.49. The average Bonchev–Trinajstić information content (AvgIpc) is 2.26. The number of hydrogen-bond donors (Lipinski definition) is 1. The predicted molar refractivity (Wildman–Crippen MR) is 66.7 cm³/mol. The summed E-state index contributed by atoms with van der Waals surface area (Å²) in [5.74, 6) is 0.628. The van der Waals surface area contributed by atoms with Crippen LogP contribution in [0, 0.1) is 11.3 Å². The molecule has 3 nitrogen and oxygen atoms in total. The van der Waals surface area contributed by atoms with Crippen LogP contribution in [0.1, 0.15) is 33.1 Å². The van der Waals surface area contributed by atoms with Gasteiger partial charge in [0, 0.05) is 31.8 Å². The first-order chi connectivity index (χ1) is 7.68. The zero-order valence-corrected chi connectivity index (χ0v) is 11.1. The first-order valence-electron chi connectivity index (χ1n) is 6.49. The van der Waals surface area contributed by atoms with Crippen molar-refractivity contribution in [1.82, 2.24) is 5.32 Å². The van der Waals surface area contributed by atoms with Gasteiger partial charge in [0.1, 0.15) is 0 Å². The van der Waals surface area contributed by atoms with Crippen LogP contribution in [-0.4, -0.2) is 40.0 Å². The van der Waals surface area contributed by atoms with Crippen molar-refractivity contribution >= 4 is 0 Å². The van der Waals surface area contributed by atoms with E-state index in [1.165, 1.54) is 12.8 Å². The van der Waals surface area contributed by atoms with Crippen molar-refractivity contribution in [2.24, 2.45) is 11.3 Å². The fourth-order valence-electron chi connectivity index (χ4n) is 2.32. The van der Waals surface area contributed by atoms with Crippen molar-refractivity contribution in [3.63, 3.8) is 0 Å². The third kappa shape index (κ3) is 4.81. The van der Waals surface area contributed by atoms with Crippen LogP contribution >= 0.6 is 0 Å². The van der Waals surface area contributed by atoms with Crippen LogP contribution in [0.4, 0.5) is 0 Å². The predicted octanol–water partition coefficient (Wildman–Crippen LogP) is 2.07. The van der Waals surface area contributed by atoms with E-state index in [1.54, 1.807) is 0 Å². The highest BCUT2D eigenvalue weighted by Crippen LogP contribution is 2.31. The summed E-state index contributed by atoms with van der Waals surface area (Å²) in [5.41, 5.74) is 0.310. The van der Waals surface area contributed by atoms with Crippen LogP contribution in [0.25, 0.3) is 0 Å². The summed E-state index contributed by atoms with van der Waals surface area (Å²) in [7, 11) is 2.02. The molecule has 1 aliphatic rings. The quantitative estimate of drug-likeness (QED) is 0.678. The minimum atomic E-state index is 0.310. The lowest BCUT2D eigenvalue weighted by Crippen LogP contribution is -2.41. The van der Waals surface area contributed by atoms with E-state index in [2.05, 4.69) is 19.2 Å². The lowest BCUT2D eigenvalue weighted by atomic mass is 9.79. The van der Waals surface area contributed by atoms with Crippen LogP contribution < -0.4 is 5.32 Å². The van der Waals surface area contributed by atoms with Crippen molar-refractivity contribution < 1.29 is 9.47 Å². The Morgan fingerprint density at radius 2 is 2.25 bits per heavy atom. The van der Waals surface area contributed by atoms with Crippen molar-refractivity contribution in [1.29, 1.82) is 0 Å². The highest BCUT2D eigenvalue weighted by molar-refractivity contribution is 4.83. The van der Waals surface area contributed by atoms with Crippen LogP contribution in [0.2, 0.25) is 0 Å². The maximum Gasteiger partial charge on any atom is 0.0535 e. The second kappa shape index (κ2) is 7.25. The molecule has 0 bridgehead atoms. The topological polar surface area (TPSA) is 30.5 Å². The minimum Gasteiger partial charge on any atom is -0.381 e. The Morgan fingerprint density at radius 3 is 2.81 bits per heavy atom. The van der Waals surface area contributed by atoms with Crippen LogP contribution in [0.15, 0.2) is 0 Å². The standard InChI is InChI=1S/C13H27NO2/c1-12(2)9-15-8-6-13(10-14-3)5-4-7-16-11-13/h12,14H,4-11H2,1-3H3. The second-order valence-corrected chi connectivity index (χ2v) is 5.41. The molecule has 3 heteroatoms. The second-order valence-electron chi connectivity index (χ2n) is 5.41. The summed E-state index contributed by atoms with van der Waals surface area (Å²) in [6.45, 7) is 8.97. The normalized spacial score (nSPS) is 26.2. The third-order valence-corrected chi connectivity index (χ3v) is 3.18. The monoisotopic (exact) mass is 229 g/mol. The lowest BCUT2D eigenvalue weighted by Gasteiger charge is -2.37. The Labute approximate surface area is 99.9 Å². The summed E-state index contributed by atoms with van der Waals surface area (Å²) in [4.78, 5) is 0. The molecule has 1 N–H and O–H groups in total. The molecule has 1 heterocycles. The molecular weight excluding hydrogens is 202 g/mol.